The molecule has 24 valence electrons. The van der Waals surface area contributed by atoms with E-state index in [9.17, 15) is 0 Å². The van der Waals surface area contributed by atoms with E-state index in [1.54, 1.807) is 0 Å². The number of rotatable bonds is 0. The SMILES string of the molecule is C[P+](C)=[Se]. The molecule has 0 aromatic rings. The Morgan fingerprint density at radius 1 is 1.50 bits per heavy atom. The maximum atomic E-state index is 2.97. The van der Waals surface area contributed by atoms with Crippen LogP contribution in [0.3, 0.4) is 0 Å². The van der Waals surface area contributed by atoms with Crippen LogP contribution in [0, 0.1) is 0 Å². The summed E-state index contributed by atoms with van der Waals surface area (Å²) in [5.74, 6) is 0. The van der Waals surface area contributed by atoms with Gasteiger partial charge in [0.15, 0.2) is 0 Å². The molecule has 4 heavy (non-hydrogen) atoms. The molecule has 0 heterocycles. The van der Waals surface area contributed by atoms with Gasteiger partial charge in [-0.05, 0) is 0 Å². The molecule has 0 radical (unpaired) electrons. The van der Waals surface area contributed by atoms with Gasteiger partial charge in [0.1, 0.15) is 0 Å². The van der Waals surface area contributed by atoms with Crippen molar-refractivity contribution in [1.29, 1.82) is 0 Å². The third-order valence-corrected chi connectivity index (χ3v) is 0. The summed E-state index contributed by atoms with van der Waals surface area (Å²) in [5.41, 5.74) is 0. The second-order valence-electron chi connectivity index (χ2n) is 0.812. The van der Waals surface area contributed by atoms with Crippen molar-refractivity contribution in [3.8, 4) is 0 Å². The van der Waals surface area contributed by atoms with Gasteiger partial charge < -0.3 is 0 Å². The number of hydrogen-bond donors (Lipinski definition) is 0. The Morgan fingerprint density at radius 3 is 1.50 bits per heavy atom. The Morgan fingerprint density at radius 2 is 1.50 bits per heavy atom. The fraction of sp³-hybridized carbons (Fsp3) is 1.00. The van der Waals surface area contributed by atoms with Gasteiger partial charge in [-0.15, -0.1) is 0 Å². The monoisotopic (exact) mass is 141 g/mol. The molecular formula is C2H6PSe+. The van der Waals surface area contributed by atoms with Crippen LogP contribution in [0.15, 0.2) is 0 Å². The molecule has 0 bridgehead atoms. The average molecular weight is 140 g/mol. The van der Waals surface area contributed by atoms with Crippen molar-refractivity contribution in [3.05, 3.63) is 0 Å². The average Bonchev–Trinajstić information content (AvgIpc) is 0.811. The van der Waals surface area contributed by atoms with Crippen LogP contribution in [0.1, 0.15) is 0 Å². The molecule has 0 aromatic heterocycles. The molecule has 0 saturated carbocycles. The summed E-state index contributed by atoms with van der Waals surface area (Å²) in [5, 5.41) is 0. The van der Waals surface area contributed by atoms with Gasteiger partial charge in [0.05, 0.1) is 0 Å². The fourth-order valence-corrected chi connectivity index (χ4v) is 0. The molecule has 0 fully saturated rings. The second-order valence-corrected chi connectivity index (χ2v) is 7.03. The Hall–Kier alpha value is 0.819. The fourth-order valence-electron chi connectivity index (χ4n) is 0. The van der Waals surface area contributed by atoms with Crippen molar-refractivity contribution in [2.75, 3.05) is 13.3 Å². The molecule has 0 N–H and O–H groups in total. The van der Waals surface area contributed by atoms with Crippen LogP contribution < -0.4 is 0 Å². The van der Waals surface area contributed by atoms with E-state index in [-0.39, 0.29) is 6.17 Å². The predicted octanol–water partition coefficient (Wildman–Crippen LogP) is 0.811. The first-order chi connectivity index (χ1) is 1.73. The van der Waals surface area contributed by atoms with Gasteiger partial charge in [-0.25, -0.2) is 0 Å². The molecule has 0 unspecified atom stereocenters. The van der Waals surface area contributed by atoms with Crippen molar-refractivity contribution in [3.63, 3.8) is 0 Å². The van der Waals surface area contributed by atoms with Crippen LogP contribution in [-0.2, 0) is 0 Å². The summed E-state index contributed by atoms with van der Waals surface area (Å²) < 4.78 is 0. The zero-order valence-corrected chi connectivity index (χ0v) is 5.46. The summed E-state index contributed by atoms with van der Waals surface area (Å²) in [6.07, 6.45) is 0.255. The summed E-state index contributed by atoms with van der Waals surface area (Å²) in [7, 11) is 0. The van der Waals surface area contributed by atoms with Crippen molar-refractivity contribution in [2.24, 2.45) is 0 Å². The van der Waals surface area contributed by atoms with Crippen molar-refractivity contribution >= 4 is 21.3 Å². The molecule has 0 rings (SSSR count). The normalized spacial score (nSPS) is 6.50. The summed E-state index contributed by atoms with van der Waals surface area (Å²) in [4.78, 5) is 0. The van der Waals surface area contributed by atoms with Crippen molar-refractivity contribution in [2.45, 2.75) is 0 Å². The van der Waals surface area contributed by atoms with E-state index < -0.39 is 0 Å². The third-order valence-electron chi connectivity index (χ3n) is 0. The Kier molecular flexibility index (Phi) is 2.51. The zero-order valence-electron chi connectivity index (χ0n) is 2.86. The van der Waals surface area contributed by atoms with Crippen LogP contribution in [0.4, 0.5) is 0 Å². The van der Waals surface area contributed by atoms with E-state index >= 15 is 0 Å². The van der Waals surface area contributed by atoms with Gasteiger partial charge in [0.25, 0.3) is 0 Å². The molecule has 0 aliphatic carbocycles. The topological polar surface area (TPSA) is 0 Å². The van der Waals surface area contributed by atoms with Crippen LogP contribution in [0.5, 0.6) is 0 Å². The molecule has 0 atom stereocenters. The summed E-state index contributed by atoms with van der Waals surface area (Å²) in [6, 6.07) is 0. The maximum absolute atomic E-state index is 2.97. The molecule has 0 aromatic carbocycles. The summed E-state index contributed by atoms with van der Waals surface area (Å²) >= 11 is 2.97. The quantitative estimate of drug-likeness (QED) is 0.345. The van der Waals surface area contributed by atoms with Gasteiger partial charge >= 0.3 is 34.6 Å². The zero-order chi connectivity index (χ0) is 3.58. The van der Waals surface area contributed by atoms with Crippen LogP contribution in [0.25, 0.3) is 0 Å². The molecule has 0 amide bonds. The van der Waals surface area contributed by atoms with Crippen LogP contribution in [-0.4, -0.2) is 28.4 Å². The molecule has 0 spiro atoms. The van der Waals surface area contributed by atoms with Crippen molar-refractivity contribution in [1.82, 2.24) is 0 Å². The van der Waals surface area contributed by atoms with Gasteiger partial charge in [0.2, 0.25) is 0 Å². The molecule has 2 heteroatoms. The molecule has 0 saturated heterocycles. The molecule has 0 aliphatic heterocycles. The van der Waals surface area contributed by atoms with E-state index in [1.807, 2.05) is 0 Å². The Balaban J connectivity index is 2.80. The standard InChI is InChI=1S/C2H6PSe/c1-3(2)4/h1-2H3/q+1. The van der Waals surface area contributed by atoms with E-state index in [4.69, 9.17) is 0 Å². The Bertz CT molecular complexity index is 29.0. The number of hydrogen-bond acceptors (Lipinski definition) is 0. The van der Waals surface area contributed by atoms with E-state index in [1.165, 1.54) is 0 Å². The minimum atomic E-state index is 0.255. The first kappa shape index (κ1) is 4.82. The minimum absolute atomic E-state index is 0.255. The predicted molar refractivity (Wildman–Crippen MR) is 24.5 cm³/mol. The Labute approximate surface area is 35.2 Å². The summed E-state index contributed by atoms with van der Waals surface area (Å²) in [6.45, 7) is 4.35. The third kappa shape index (κ3) is 13.9. The van der Waals surface area contributed by atoms with E-state index in [2.05, 4.69) is 28.4 Å². The first-order valence-corrected chi connectivity index (χ1v) is 5.53. The first-order valence-electron chi connectivity index (χ1n) is 1.08. The van der Waals surface area contributed by atoms with Gasteiger partial charge in [-0.1, -0.05) is 0 Å². The van der Waals surface area contributed by atoms with Gasteiger partial charge in [-0.2, -0.15) is 0 Å². The molecular weight excluding hydrogens is 134 g/mol. The van der Waals surface area contributed by atoms with Crippen LogP contribution in [0.2, 0.25) is 0 Å². The van der Waals surface area contributed by atoms with Crippen LogP contribution >= 0.6 is 6.17 Å². The van der Waals surface area contributed by atoms with Gasteiger partial charge in [-0.3, -0.25) is 0 Å². The molecule has 0 aliphatic rings. The van der Waals surface area contributed by atoms with E-state index in [0.29, 0.717) is 0 Å². The van der Waals surface area contributed by atoms with E-state index in [0.717, 1.165) is 0 Å². The second kappa shape index (κ2) is 2.08. The van der Waals surface area contributed by atoms with Crippen molar-refractivity contribution < 1.29 is 0 Å². The van der Waals surface area contributed by atoms with Gasteiger partial charge in [0, 0.05) is 0 Å². The molecule has 0 nitrogen and oxygen atoms in total.